The van der Waals surface area contributed by atoms with Crippen LogP contribution in [0.2, 0.25) is 0 Å². The smallest absolute Gasteiger partial charge is 0.270 e. The van der Waals surface area contributed by atoms with Crippen LogP contribution >= 0.6 is 0 Å². The molecule has 0 spiro atoms. The predicted octanol–water partition coefficient (Wildman–Crippen LogP) is 2.61. The number of hydrogen-bond donors (Lipinski definition) is 1. The minimum Gasteiger partial charge on any atom is -0.307 e. The third-order valence-electron chi connectivity index (χ3n) is 2.99. The Hall–Kier alpha value is -2.50. The van der Waals surface area contributed by atoms with Crippen LogP contribution < -0.4 is 5.56 Å². The van der Waals surface area contributed by atoms with Crippen LogP contribution in [0.1, 0.15) is 24.6 Å². The minimum atomic E-state index is -0.461. The standard InChI is InChI=1S/C14H15N3O3/c1-3-4-10-7-13(18)16-14(15-10)12-8-11(17(19)20)6-5-9(12)2/h5-8H,3-4H2,1-2H3,(H,15,16,18). The molecule has 0 aliphatic carbocycles. The van der Waals surface area contributed by atoms with Crippen LogP contribution in [0.15, 0.2) is 29.1 Å². The molecule has 1 aromatic carbocycles. The van der Waals surface area contributed by atoms with E-state index in [-0.39, 0.29) is 11.2 Å². The van der Waals surface area contributed by atoms with E-state index in [1.807, 2.05) is 13.8 Å². The Balaban J connectivity index is 2.58. The molecule has 0 radical (unpaired) electrons. The fourth-order valence-electron chi connectivity index (χ4n) is 2.00. The van der Waals surface area contributed by atoms with Gasteiger partial charge in [-0.2, -0.15) is 0 Å². The van der Waals surface area contributed by atoms with Gasteiger partial charge in [0.25, 0.3) is 11.2 Å². The van der Waals surface area contributed by atoms with E-state index in [4.69, 9.17) is 0 Å². The van der Waals surface area contributed by atoms with Crippen molar-refractivity contribution in [3.8, 4) is 11.4 Å². The molecule has 1 heterocycles. The summed E-state index contributed by atoms with van der Waals surface area (Å²) in [4.78, 5) is 29.1. The van der Waals surface area contributed by atoms with Crippen molar-refractivity contribution >= 4 is 5.69 Å². The minimum absolute atomic E-state index is 0.0193. The Morgan fingerprint density at radius 1 is 1.35 bits per heavy atom. The molecular weight excluding hydrogens is 258 g/mol. The summed E-state index contributed by atoms with van der Waals surface area (Å²) < 4.78 is 0. The van der Waals surface area contributed by atoms with Gasteiger partial charge in [-0.05, 0) is 18.9 Å². The van der Waals surface area contributed by atoms with Crippen LogP contribution in [0.4, 0.5) is 5.69 Å². The van der Waals surface area contributed by atoms with Gasteiger partial charge in [-0.1, -0.05) is 19.4 Å². The normalized spacial score (nSPS) is 10.5. The summed E-state index contributed by atoms with van der Waals surface area (Å²) in [7, 11) is 0. The van der Waals surface area contributed by atoms with Gasteiger partial charge in [-0.15, -0.1) is 0 Å². The van der Waals surface area contributed by atoms with Crippen LogP contribution in [0.25, 0.3) is 11.4 Å². The molecule has 0 bridgehead atoms. The molecular formula is C14H15N3O3. The van der Waals surface area contributed by atoms with Crippen LogP contribution in [0.5, 0.6) is 0 Å². The summed E-state index contributed by atoms with van der Waals surface area (Å²) in [5.41, 5.74) is 1.83. The largest absolute Gasteiger partial charge is 0.307 e. The maximum Gasteiger partial charge on any atom is 0.270 e. The molecule has 2 rings (SSSR count). The van der Waals surface area contributed by atoms with Gasteiger partial charge in [0.05, 0.1) is 4.92 Å². The highest BCUT2D eigenvalue weighted by Gasteiger charge is 2.12. The van der Waals surface area contributed by atoms with E-state index in [2.05, 4.69) is 9.97 Å². The number of rotatable bonds is 4. The molecule has 6 heteroatoms. The quantitative estimate of drug-likeness (QED) is 0.685. The van der Waals surface area contributed by atoms with Gasteiger partial charge in [0.2, 0.25) is 0 Å². The fraction of sp³-hybridized carbons (Fsp3) is 0.286. The second kappa shape index (κ2) is 5.64. The van der Waals surface area contributed by atoms with Crippen molar-refractivity contribution < 1.29 is 4.92 Å². The van der Waals surface area contributed by atoms with E-state index >= 15 is 0 Å². The van der Waals surface area contributed by atoms with E-state index in [0.717, 1.165) is 12.0 Å². The Kier molecular flexibility index (Phi) is 3.93. The molecule has 20 heavy (non-hydrogen) atoms. The Morgan fingerprint density at radius 3 is 2.75 bits per heavy atom. The number of benzene rings is 1. The second-order valence-electron chi connectivity index (χ2n) is 4.59. The van der Waals surface area contributed by atoms with Crippen molar-refractivity contribution in [3.05, 3.63) is 56.0 Å². The van der Waals surface area contributed by atoms with Crippen molar-refractivity contribution in [3.63, 3.8) is 0 Å². The summed E-state index contributed by atoms with van der Waals surface area (Å²) in [5.74, 6) is 0.377. The average Bonchev–Trinajstić information content (AvgIpc) is 2.38. The summed E-state index contributed by atoms with van der Waals surface area (Å²) in [6.07, 6.45) is 1.58. The highest BCUT2D eigenvalue weighted by Crippen LogP contribution is 2.24. The first-order valence-corrected chi connectivity index (χ1v) is 6.37. The van der Waals surface area contributed by atoms with E-state index in [9.17, 15) is 14.9 Å². The lowest BCUT2D eigenvalue weighted by molar-refractivity contribution is -0.384. The SMILES string of the molecule is CCCc1cc(=O)[nH]c(-c2cc([N+](=O)[O-])ccc2C)n1. The molecule has 6 nitrogen and oxygen atoms in total. The Morgan fingerprint density at radius 2 is 2.10 bits per heavy atom. The molecule has 1 aromatic heterocycles. The third-order valence-corrected chi connectivity index (χ3v) is 2.99. The van der Waals surface area contributed by atoms with E-state index in [1.165, 1.54) is 18.2 Å². The molecule has 0 aliphatic rings. The first-order chi connectivity index (χ1) is 9.51. The van der Waals surface area contributed by atoms with Crippen molar-refractivity contribution in [2.45, 2.75) is 26.7 Å². The molecule has 0 fully saturated rings. The number of aryl methyl sites for hydroxylation is 2. The highest BCUT2D eigenvalue weighted by atomic mass is 16.6. The van der Waals surface area contributed by atoms with Crippen molar-refractivity contribution in [2.75, 3.05) is 0 Å². The van der Waals surface area contributed by atoms with Gasteiger partial charge < -0.3 is 4.98 Å². The van der Waals surface area contributed by atoms with Crippen LogP contribution in [0.3, 0.4) is 0 Å². The number of nitro benzene ring substituents is 1. The van der Waals surface area contributed by atoms with Gasteiger partial charge in [-0.25, -0.2) is 4.98 Å². The van der Waals surface area contributed by atoms with Gasteiger partial charge in [0.1, 0.15) is 5.82 Å². The van der Waals surface area contributed by atoms with Gasteiger partial charge in [0.15, 0.2) is 0 Å². The summed E-state index contributed by atoms with van der Waals surface area (Å²) >= 11 is 0. The zero-order valence-corrected chi connectivity index (χ0v) is 11.3. The number of hydrogen-bond acceptors (Lipinski definition) is 4. The summed E-state index contributed by atoms with van der Waals surface area (Å²) in [5, 5.41) is 10.8. The molecule has 104 valence electrons. The monoisotopic (exact) mass is 273 g/mol. The molecule has 0 aliphatic heterocycles. The van der Waals surface area contributed by atoms with Crippen molar-refractivity contribution in [1.29, 1.82) is 0 Å². The molecule has 0 amide bonds. The Bertz CT molecular complexity index is 707. The maximum atomic E-state index is 11.7. The lowest BCUT2D eigenvalue weighted by atomic mass is 10.1. The average molecular weight is 273 g/mol. The van der Waals surface area contributed by atoms with Gasteiger partial charge >= 0.3 is 0 Å². The Labute approximate surface area is 115 Å². The first-order valence-electron chi connectivity index (χ1n) is 6.37. The number of nitrogens with zero attached hydrogens (tertiary/aromatic N) is 2. The van der Waals surface area contributed by atoms with Crippen molar-refractivity contribution in [2.24, 2.45) is 0 Å². The van der Waals surface area contributed by atoms with Crippen LogP contribution in [-0.2, 0) is 6.42 Å². The van der Waals surface area contributed by atoms with Gasteiger partial charge in [0, 0.05) is 29.5 Å². The molecule has 0 saturated heterocycles. The summed E-state index contributed by atoms with van der Waals surface area (Å²) in [6, 6.07) is 5.98. The maximum absolute atomic E-state index is 11.7. The lowest BCUT2D eigenvalue weighted by Crippen LogP contribution is -2.11. The molecule has 2 aromatic rings. The van der Waals surface area contributed by atoms with Crippen LogP contribution in [0, 0.1) is 17.0 Å². The van der Waals surface area contributed by atoms with E-state index in [1.54, 1.807) is 6.07 Å². The second-order valence-corrected chi connectivity index (χ2v) is 4.59. The summed E-state index contributed by atoms with van der Waals surface area (Å²) in [6.45, 7) is 3.83. The molecule has 0 saturated carbocycles. The number of H-pyrrole nitrogens is 1. The highest BCUT2D eigenvalue weighted by molar-refractivity contribution is 5.63. The lowest BCUT2D eigenvalue weighted by Gasteiger charge is -2.06. The van der Waals surface area contributed by atoms with Crippen molar-refractivity contribution in [1.82, 2.24) is 9.97 Å². The number of aromatic nitrogens is 2. The number of nitro groups is 1. The number of nitrogens with one attached hydrogen (secondary N) is 1. The number of aromatic amines is 1. The van der Waals surface area contributed by atoms with E-state index in [0.29, 0.717) is 23.5 Å². The molecule has 1 N–H and O–H groups in total. The van der Waals surface area contributed by atoms with E-state index < -0.39 is 4.92 Å². The molecule has 0 atom stereocenters. The predicted molar refractivity (Wildman–Crippen MR) is 75.7 cm³/mol. The zero-order chi connectivity index (χ0) is 14.7. The molecule has 0 unspecified atom stereocenters. The fourth-order valence-corrected chi connectivity index (χ4v) is 2.00. The van der Waals surface area contributed by atoms with Gasteiger partial charge in [-0.3, -0.25) is 14.9 Å². The zero-order valence-electron chi connectivity index (χ0n) is 11.3. The third kappa shape index (κ3) is 2.90. The number of non-ortho nitro benzene ring substituents is 1. The van der Waals surface area contributed by atoms with Crippen LogP contribution in [-0.4, -0.2) is 14.9 Å². The first kappa shape index (κ1) is 13.9. The topological polar surface area (TPSA) is 88.9 Å².